The number of hydrogen-bond donors (Lipinski definition) is 1. The molecule has 0 radical (unpaired) electrons. The van der Waals surface area contributed by atoms with Gasteiger partial charge in [0.15, 0.2) is 0 Å². The molecule has 0 aromatic rings. The summed E-state index contributed by atoms with van der Waals surface area (Å²) in [4.78, 5) is 11.3. The predicted molar refractivity (Wildman–Crippen MR) is 42.2 cm³/mol. The molecule has 1 amide bonds. The van der Waals surface area contributed by atoms with E-state index in [4.69, 9.17) is 4.74 Å². The van der Waals surface area contributed by atoms with Crippen LogP contribution in [0.3, 0.4) is 0 Å². The summed E-state index contributed by atoms with van der Waals surface area (Å²) in [6, 6.07) is 0. The summed E-state index contributed by atoms with van der Waals surface area (Å²) >= 11 is 0. The van der Waals surface area contributed by atoms with Crippen molar-refractivity contribution >= 4 is 5.91 Å². The topological polar surface area (TPSA) is 38.3 Å². The van der Waals surface area contributed by atoms with Gasteiger partial charge in [0.1, 0.15) is 0 Å². The molecule has 0 aromatic carbocycles. The Morgan fingerprint density at radius 2 is 2.27 bits per heavy atom. The Labute approximate surface area is 67.1 Å². The molecule has 0 saturated carbocycles. The van der Waals surface area contributed by atoms with Crippen LogP contribution < -0.4 is 5.32 Å². The fourth-order valence-corrected chi connectivity index (χ4v) is 0.991. The zero-order chi connectivity index (χ0) is 8.32. The lowest BCUT2D eigenvalue weighted by Crippen LogP contribution is -2.52. The van der Waals surface area contributed by atoms with Gasteiger partial charge in [0.25, 0.3) is 0 Å². The zero-order valence-electron chi connectivity index (χ0n) is 7.14. The first-order valence-electron chi connectivity index (χ1n) is 4.05. The van der Waals surface area contributed by atoms with Crippen LogP contribution in [-0.2, 0) is 9.53 Å². The van der Waals surface area contributed by atoms with Gasteiger partial charge in [0, 0.05) is 6.54 Å². The van der Waals surface area contributed by atoms with Gasteiger partial charge < -0.3 is 10.1 Å². The lowest BCUT2D eigenvalue weighted by Gasteiger charge is -2.36. The fourth-order valence-electron chi connectivity index (χ4n) is 0.991. The van der Waals surface area contributed by atoms with E-state index >= 15 is 0 Å². The molecule has 0 aromatic heterocycles. The highest BCUT2D eigenvalue weighted by Crippen LogP contribution is 2.26. The molecule has 1 saturated heterocycles. The molecule has 0 unspecified atom stereocenters. The minimum atomic E-state index is -0.241. The van der Waals surface area contributed by atoms with Gasteiger partial charge in [0.05, 0.1) is 18.6 Å². The first kappa shape index (κ1) is 8.53. The molecule has 11 heavy (non-hydrogen) atoms. The van der Waals surface area contributed by atoms with Crippen molar-refractivity contribution in [2.75, 3.05) is 19.8 Å². The monoisotopic (exact) mass is 157 g/mol. The van der Waals surface area contributed by atoms with Gasteiger partial charge in [-0.25, -0.2) is 0 Å². The number of ether oxygens (including phenoxy) is 1. The molecule has 1 aliphatic rings. The van der Waals surface area contributed by atoms with Gasteiger partial charge in [-0.05, 0) is 13.3 Å². The summed E-state index contributed by atoms with van der Waals surface area (Å²) in [7, 11) is 0. The molecular weight excluding hydrogens is 142 g/mol. The van der Waals surface area contributed by atoms with Crippen molar-refractivity contribution in [1.82, 2.24) is 5.32 Å². The van der Waals surface area contributed by atoms with Crippen LogP contribution in [-0.4, -0.2) is 25.7 Å². The highest BCUT2D eigenvalue weighted by atomic mass is 16.5. The molecule has 1 fully saturated rings. The van der Waals surface area contributed by atoms with Crippen LogP contribution in [0.15, 0.2) is 0 Å². The number of rotatable bonds is 3. The second-order valence-electron chi connectivity index (χ2n) is 3.31. The van der Waals surface area contributed by atoms with E-state index in [-0.39, 0.29) is 11.3 Å². The van der Waals surface area contributed by atoms with Crippen LogP contribution >= 0.6 is 0 Å². The maximum atomic E-state index is 11.3. The van der Waals surface area contributed by atoms with E-state index in [0.29, 0.717) is 13.2 Å². The summed E-state index contributed by atoms with van der Waals surface area (Å²) in [5, 5.41) is 2.86. The molecule has 1 rings (SSSR count). The summed E-state index contributed by atoms with van der Waals surface area (Å²) in [6.45, 7) is 5.89. The summed E-state index contributed by atoms with van der Waals surface area (Å²) < 4.78 is 4.98. The molecule has 0 spiro atoms. The van der Waals surface area contributed by atoms with E-state index in [1.54, 1.807) is 0 Å². The number of amides is 1. The molecule has 0 bridgehead atoms. The van der Waals surface area contributed by atoms with E-state index in [2.05, 4.69) is 5.32 Å². The van der Waals surface area contributed by atoms with Gasteiger partial charge >= 0.3 is 0 Å². The summed E-state index contributed by atoms with van der Waals surface area (Å²) in [5.74, 6) is 0.130. The van der Waals surface area contributed by atoms with Gasteiger partial charge in [-0.15, -0.1) is 0 Å². The largest absolute Gasteiger partial charge is 0.379 e. The van der Waals surface area contributed by atoms with Gasteiger partial charge in [0.2, 0.25) is 5.91 Å². The lowest BCUT2D eigenvalue weighted by atomic mass is 9.88. The molecular formula is C8H15NO2. The number of carbonyl (C=O) groups excluding carboxylic acids is 1. The highest BCUT2D eigenvalue weighted by molar-refractivity contribution is 5.83. The Hall–Kier alpha value is -0.570. The van der Waals surface area contributed by atoms with E-state index in [1.165, 1.54) is 0 Å². The standard InChI is InChI=1S/C8H15NO2/c1-3-4-9-7(10)8(2)5-11-6-8/h3-6H2,1-2H3,(H,9,10). The van der Waals surface area contributed by atoms with E-state index < -0.39 is 0 Å². The molecule has 1 heterocycles. The second-order valence-corrected chi connectivity index (χ2v) is 3.31. The van der Waals surface area contributed by atoms with Crippen molar-refractivity contribution in [3.8, 4) is 0 Å². The Morgan fingerprint density at radius 1 is 1.64 bits per heavy atom. The van der Waals surface area contributed by atoms with E-state index in [1.807, 2.05) is 13.8 Å². The summed E-state index contributed by atoms with van der Waals surface area (Å²) in [5.41, 5.74) is -0.241. The van der Waals surface area contributed by atoms with Gasteiger partial charge in [-0.2, -0.15) is 0 Å². The third-order valence-corrected chi connectivity index (χ3v) is 1.92. The molecule has 0 aliphatic carbocycles. The first-order chi connectivity index (χ1) is 5.19. The fraction of sp³-hybridized carbons (Fsp3) is 0.875. The third-order valence-electron chi connectivity index (χ3n) is 1.92. The van der Waals surface area contributed by atoms with Crippen LogP contribution in [0.25, 0.3) is 0 Å². The average molecular weight is 157 g/mol. The molecule has 3 nitrogen and oxygen atoms in total. The number of carbonyl (C=O) groups is 1. The first-order valence-corrected chi connectivity index (χ1v) is 4.05. The van der Waals surface area contributed by atoms with Crippen LogP contribution in [0.2, 0.25) is 0 Å². The number of nitrogens with one attached hydrogen (secondary N) is 1. The second kappa shape index (κ2) is 3.22. The minimum absolute atomic E-state index is 0.130. The Kier molecular flexibility index (Phi) is 2.49. The molecule has 64 valence electrons. The van der Waals surface area contributed by atoms with E-state index in [9.17, 15) is 4.79 Å². The van der Waals surface area contributed by atoms with E-state index in [0.717, 1.165) is 13.0 Å². The van der Waals surface area contributed by atoms with Gasteiger partial charge in [-0.3, -0.25) is 4.79 Å². The average Bonchev–Trinajstić information content (AvgIpc) is 1.95. The lowest BCUT2D eigenvalue weighted by molar-refractivity contribution is -0.157. The van der Waals surface area contributed by atoms with Gasteiger partial charge in [-0.1, -0.05) is 6.92 Å². The molecule has 0 atom stereocenters. The molecule has 1 N–H and O–H groups in total. The van der Waals surface area contributed by atoms with Crippen molar-refractivity contribution in [2.24, 2.45) is 5.41 Å². The Morgan fingerprint density at radius 3 is 2.64 bits per heavy atom. The SMILES string of the molecule is CCCNC(=O)C1(C)COC1. The van der Waals surface area contributed by atoms with Crippen molar-refractivity contribution in [1.29, 1.82) is 0 Å². The quantitative estimate of drug-likeness (QED) is 0.649. The predicted octanol–water partition coefficient (Wildman–Crippen LogP) is 0.549. The van der Waals surface area contributed by atoms with Crippen molar-refractivity contribution in [3.63, 3.8) is 0 Å². The van der Waals surface area contributed by atoms with Crippen LogP contribution in [0, 0.1) is 5.41 Å². The smallest absolute Gasteiger partial charge is 0.230 e. The summed E-state index contributed by atoms with van der Waals surface area (Å²) in [6.07, 6.45) is 0.989. The van der Waals surface area contributed by atoms with Crippen LogP contribution in [0.5, 0.6) is 0 Å². The Bertz CT molecular complexity index is 152. The van der Waals surface area contributed by atoms with Crippen LogP contribution in [0.1, 0.15) is 20.3 Å². The van der Waals surface area contributed by atoms with Crippen molar-refractivity contribution < 1.29 is 9.53 Å². The molecule has 1 aliphatic heterocycles. The van der Waals surface area contributed by atoms with Crippen molar-refractivity contribution in [3.05, 3.63) is 0 Å². The molecule has 3 heteroatoms. The maximum absolute atomic E-state index is 11.3. The highest BCUT2D eigenvalue weighted by Gasteiger charge is 2.40. The number of hydrogen-bond acceptors (Lipinski definition) is 2. The van der Waals surface area contributed by atoms with Crippen molar-refractivity contribution in [2.45, 2.75) is 20.3 Å². The third kappa shape index (κ3) is 1.71. The van der Waals surface area contributed by atoms with Crippen LogP contribution in [0.4, 0.5) is 0 Å². The minimum Gasteiger partial charge on any atom is -0.379 e. The maximum Gasteiger partial charge on any atom is 0.230 e. The normalized spacial score (nSPS) is 20.5. The zero-order valence-corrected chi connectivity index (χ0v) is 7.14. The Balaban J connectivity index is 2.28.